The van der Waals surface area contributed by atoms with Crippen molar-refractivity contribution < 1.29 is 28.3 Å². The van der Waals surface area contributed by atoms with E-state index in [1.165, 1.54) is 23.5 Å². The number of hydroxylamine groups is 2. The molecule has 1 unspecified atom stereocenters. The van der Waals surface area contributed by atoms with Crippen LogP contribution in [0.5, 0.6) is 0 Å². The lowest BCUT2D eigenvalue weighted by molar-refractivity contribution is -0.276. The maximum atomic E-state index is 14.4. The second-order valence-electron chi connectivity index (χ2n) is 9.24. The van der Waals surface area contributed by atoms with Crippen molar-refractivity contribution in [2.75, 3.05) is 25.0 Å². The molecule has 10 nitrogen and oxygen atoms in total. The number of carbonyl (C=O) groups is 3. The zero-order chi connectivity index (χ0) is 23.9. The number of hydrogen-bond acceptors (Lipinski definition) is 7. The Labute approximate surface area is 198 Å². The minimum absolute atomic E-state index is 0.0286. The highest BCUT2D eigenvalue weighted by Gasteiger charge is 2.42. The van der Waals surface area contributed by atoms with Crippen molar-refractivity contribution in [2.45, 2.75) is 69.9 Å². The van der Waals surface area contributed by atoms with Crippen LogP contribution < -0.4 is 5.32 Å². The largest absolute Gasteiger partial charge is 0.350 e. The molecule has 4 atom stereocenters. The molecule has 34 heavy (non-hydrogen) atoms. The first-order valence-electron chi connectivity index (χ1n) is 12.0. The molecule has 1 aromatic rings. The second kappa shape index (κ2) is 11.7. The number of rotatable bonds is 11. The number of nitrogens with one attached hydrogen (secondary N) is 1. The Balaban J connectivity index is 1.43. The Hall–Kier alpha value is -2.66. The van der Waals surface area contributed by atoms with Crippen molar-refractivity contribution in [1.29, 1.82) is 0 Å². The van der Waals surface area contributed by atoms with E-state index in [4.69, 9.17) is 9.57 Å². The standard InChI is InChI=1S/C23H32FN5O5/c24-18-11-19(22(31)27-20-12-25-8-9-26-20)29(14-18)23(32)17(7-6-16-4-5-16)13-28(15-30)34-21-3-1-2-10-33-21/h8-9,12,15-19,21H,1-7,10-11,13-14H2,(H,26,27,31)/t17-,18-,19+,21?/m1/s1. The molecule has 3 fully saturated rings. The first-order chi connectivity index (χ1) is 16.5. The summed E-state index contributed by atoms with van der Waals surface area (Å²) in [6.45, 7) is 0.432. The van der Waals surface area contributed by atoms with Gasteiger partial charge in [0, 0.05) is 31.8 Å². The number of hydrogen-bond donors (Lipinski definition) is 1. The van der Waals surface area contributed by atoms with Crippen molar-refractivity contribution in [3.05, 3.63) is 18.6 Å². The Kier molecular flexibility index (Phi) is 8.39. The topological polar surface area (TPSA) is 114 Å². The van der Waals surface area contributed by atoms with Gasteiger partial charge in [-0.3, -0.25) is 19.4 Å². The van der Waals surface area contributed by atoms with E-state index in [9.17, 15) is 18.8 Å². The SMILES string of the molecule is O=CN(C[C@@H](CCC1CC1)C(=O)N1C[C@H](F)C[C@H]1C(=O)Nc1cnccn1)OC1CCCCO1. The van der Waals surface area contributed by atoms with Crippen molar-refractivity contribution in [3.63, 3.8) is 0 Å². The third-order valence-corrected chi connectivity index (χ3v) is 6.53. The highest BCUT2D eigenvalue weighted by atomic mass is 19.1. The quantitative estimate of drug-likeness (QED) is 0.383. The lowest BCUT2D eigenvalue weighted by Crippen LogP contribution is -2.48. The van der Waals surface area contributed by atoms with Crippen LogP contribution in [-0.4, -0.2) is 76.4 Å². The van der Waals surface area contributed by atoms with Crippen molar-refractivity contribution in [2.24, 2.45) is 11.8 Å². The monoisotopic (exact) mass is 477 g/mol. The van der Waals surface area contributed by atoms with E-state index in [0.29, 0.717) is 31.8 Å². The summed E-state index contributed by atoms with van der Waals surface area (Å²) in [5, 5.41) is 3.73. The summed E-state index contributed by atoms with van der Waals surface area (Å²) in [6, 6.07) is -0.958. The molecule has 0 aromatic carbocycles. The van der Waals surface area contributed by atoms with Crippen LogP contribution in [0.25, 0.3) is 0 Å². The molecule has 2 aliphatic heterocycles. The van der Waals surface area contributed by atoms with Gasteiger partial charge < -0.3 is 15.0 Å². The van der Waals surface area contributed by atoms with Crippen LogP contribution in [0.3, 0.4) is 0 Å². The van der Waals surface area contributed by atoms with Gasteiger partial charge in [-0.05, 0) is 31.6 Å². The number of alkyl halides is 1. The second-order valence-corrected chi connectivity index (χ2v) is 9.24. The van der Waals surface area contributed by atoms with E-state index in [1.807, 2.05) is 0 Å². The first-order valence-corrected chi connectivity index (χ1v) is 12.0. The van der Waals surface area contributed by atoms with Gasteiger partial charge in [-0.25, -0.2) is 19.3 Å². The lowest BCUT2D eigenvalue weighted by atomic mass is 9.98. The van der Waals surface area contributed by atoms with Gasteiger partial charge in [0.2, 0.25) is 18.2 Å². The van der Waals surface area contributed by atoms with Gasteiger partial charge in [0.15, 0.2) is 12.1 Å². The lowest BCUT2D eigenvalue weighted by Gasteiger charge is -2.32. The first kappa shape index (κ1) is 24.5. The Morgan fingerprint density at radius 2 is 2.18 bits per heavy atom. The number of carbonyl (C=O) groups excluding carboxylic acids is 3. The molecular formula is C23H32FN5O5. The van der Waals surface area contributed by atoms with E-state index < -0.39 is 30.3 Å². The molecule has 1 aromatic heterocycles. The van der Waals surface area contributed by atoms with Gasteiger partial charge in [-0.15, -0.1) is 0 Å². The normalized spacial score (nSPS) is 25.6. The fraction of sp³-hybridized carbons (Fsp3) is 0.696. The number of ether oxygens (including phenoxy) is 1. The number of halogens is 1. The predicted octanol–water partition coefficient (Wildman–Crippen LogP) is 2.08. The van der Waals surface area contributed by atoms with Crippen LogP contribution in [0.4, 0.5) is 10.2 Å². The zero-order valence-electron chi connectivity index (χ0n) is 19.2. The van der Waals surface area contributed by atoms with Gasteiger partial charge in [0.1, 0.15) is 12.2 Å². The third-order valence-electron chi connectivity index (χ3n) is 6.53. The summed E-state index contributed by atoms with van der Waals surface area (Å²) in [5.74, 6) is -0.646. The van der Waals surface area contributed by atoms with Crippen LogP contribution in [-0.2, 0) is 24.0 Å². The molecule has 2 saturated heterocycles. The van der Waals surface area contributed by atoms with Crippen LogP contribution in [0.15, 0.2) is 18.6 Å². The van der Waals surface area contributed by atoms with Crippen molar-refractivity contribution in [3.8, 4) is 0 Å². The smallest absolute Gasteiger partial charge is 0.248 e. The minimum atomic E-state index is -1.31. The number of likely N-dealkylation sites (tertiary alicyclic amines) is 1. The summed E-state index contributed by atoms with van der Waals surface area (Å²) in [6.07, 6.45) is 9.12. The molecule has 11 heteroatoms. The number of nitrogens with zero attached hydrogens (tertiary/aromatic N) is 4. The van der Waals surface area contributed by atoms with Crippen LogP contribution in [0.1, 0.15) is 51.4 Å². The van der Waals surface area contributed by atoms with E-state index in [0.717, 1.165) is 37.2 Å². The molecule has 1 aliphatic carbocycles. The maximum absolute atomic E-state index is 14.4. The molecule has 1 saturated carbocycles. The Morgan fingerprint density at radius 1 is 1.32 bits per heavy atom. The molecule has 3 heterocycles. The van der Waals surface area contributed by atoms with Gasteiger partial charge >= 0.3 is 0 Å². The fourth-order valence-corrected chi connectivity index (χ4v) is 4.49. The van der Waals surface area contributed by atoms with Gasteiger partial charge in [-0.1, -0.05) is 12.8 Å². The Bertz CT molecular complexity index is 836. The average molecular weight is 478 g/mol. The molecule has 0 radical (unpaired) electrons. The van der Waals surface area contributed by atoms with E-state index in [-0.39, 0.29) is 31.2 Å². The summed E-state index contributed by atoms with van der Waals surface area (Å²) in [4.78, 5) is 53.0. The molecule has 0 bridgehead atoms. The van der Waals surface area contributed by atoms with Crippen LogP contribution in [0.2, 0.25) is 0 Å². The minimum Gasteiger partial charge on any atom is -0.350 e. The predicted molar refractivity (Wildman–Crippen MR) is 119 cm³/mol. The highest BCUT2D eigenvalue weighted by molar-refractivity contribution is 5.97. The van der Waals surface area contributed by atoms with Crippen molar-refractivity contribution >= 4 is 24.0 Å². The number of aromatic nitrogens is 2. The molecule has 1 N–H and O–H groups in total. The highest BCUT2D eigenvalue weighted by Crippen LogP contribution is 2.35. The maximum Gasteiger partial charge on any atom is 0.248 e. The van der Waals surface area contributed by atoms with E-state index in [2.05, 4.69) is 15.3 Å². The van der Waals surface area contributed by atoms with Gasteiger partial charge in [-0.2, -0.15) is 0 Å². The van der Waals surface area contributed by atoms with Gasteiger partial charge in [0.05, 0.1) is 25.2 Å². The molecule has 4 rings (SSSR count). The average Bonchev–Trinajstić information content (AvgIpc) is 3.60. The van der Waals surface area contributed by atoms with Crippen LogP contribution >= 0.6 is 0 Å². The Morgan fingerprint density at radius 3 is 2.85 bits per heavy atom. The number of amides is 3. The zero-order valence-corrected chi connectivity index (χ0v) is 19.2. The fourth-order valence-electron chi connectivity index (χ4n) is 4.49. The van der Waals surface area contributed by atoms with Gasteiger partial charge in [0.25, 0.3) is 0 Å². The molecule has 186 valence electrons. The van der Waals surface area contributed by atoms with Crippen LogP contribution in [0, 0.1) is 11.8 Å². The summed E-state index contributed by atoms with van der Waals surface area (Å²) in [7, 11) is 0. The van der Waals surface area contributed by atoms with E-state index >= 15 is 0 Å². The molecular weight excluding hydrogens is 445 g/mol. The number of anilines is 1. The third kappa shape index (κ3) is 6.69. The summed E-state index contributed by atoms with van der Waals surface area (Å²) in [5.41, 5.74) is 0. The molecule has 0 spiro atoms. The molecule has 3 amide bonds. The summed E-state index contributed by atoms with van der Waals surface area (Å²) < 4.78 is 19.9. The van der Waals surface area contributed by atoms with Crippen molar-refractivity contribution in [1.82, 2.24) is 19.9 Å². The summed E-state index contributed by atoms with van der Waals surface area (Å²) >= 11 is 0. The van der Waals surface area contributed by atoms with E-state index in [1.54, 1.807) is 0 Å². The molecule has 3 aliphatic rings.